The first-order chi connectivity index (χ1) is 15.7. The molecular formula is C26H26N4O2. The molecule has 0 atom stereocenters. The maximum atomic E-state index is 5.60. The molecule has 0 saturated carbocycles. The topological polar surface area (TPSA) is 64.3 Å². The van der Waals surface area contributed by atoms with Gasteiger partial charge < -0.3 is 14.2 Å². The van der Waals surface area contributed by atoms with Gasteiger partial charge in [-0.1, -0.05) is 35.5 Å². The van der Waals surface area contributed by atoms with Crippen LogP contribution in [0.3, 0.4) is 0 Å². The molecular weight excluding hydrogens is 400 g/mol. The van der Waals surface area contributed by atoms with Crippen molar-refractivity contribution in [2.24, 2.45) is 0 Å². The third-order valence-corrected chi connectivity index (χ3v) is 5.95. The van der Waals surface area contributed by atoms with Crippen molar-refractivity contribution in [2.45, 2.75) is 26.4 Å². The minimum Gasteiger partial charge on any atom is -0.380 e. The zero-order valence-electron chi connectivity index (χ0n) is 18.4. The van der Waals surface area contributed by atoms with E-state index in [1.165, 1.54) is 24.0 Å². The summed E-state index contributed by atoms with van der Waals surface area (Å²) >= 11 is 0. The molecule has 0 N–H and O–H groups in total. The Bertz CT molecular complexity index is 1210. The van der Waals surface area contributed by atoms with Crippen LogP contribution in [0.5, 0.6) is 0 Å². The Morgan fingerprint density at radius 3 is 2.53 bits per heavy atom. The summed E-state index contributed by atoms with van der Waals surface area (Å²) in [5.41, 5.74) is 6.36. The van der Waals surface area contributed by atoms with Crippen molar-refractivity contribution in [3.63, 3.8) is 0 Å². The van der Waals surface area contributed by atoms with Gasteiger partial charge >= 0.3 is 0 Å². The number of pyridine rings is 1. The maximum absolute atomic E-state index is 5.60. The number of methoxy groups -OCH3 is 1. The Balaban J connectivity index is 1.43. The van der Waals surface area contributed by atoms with Crippen LogP contribution in [0.25, 0.3) is 34.0 Å². The van der Waals surface area contributed by atoms with Gasteiger partial charge in [-0.25, -0.2) is 4.98 Å². The van der Waals surface area contributed by atoms with Gasteiger partial charge in [-0.15, -0.1) is 0 Å². The molecule has 0 bridgehead atoms. The summed E-state index contributed by atoms with van der Waals surface area (Å²) in [6.45, 7) is 4.76. The number of ether oxygens (including phenoxy) is 1. The summed E-state index contributed by atoms with van der Waals surface area (Å²) in [4.78, 5) is 11.5. The van der Waals surface area contributed by atoms with Crippen molar-refractivity contribution in [2.75, 3.05) is 25.1 Å². The van der Waals surface area contributed by atoms with Gasteiger partial charge in [-0.3, -0.25) is 0 Å². The van der Waals surface area contributed by atoms with Gasteiger partial charge in [-0.2, -0.15) is 4.98 Å². The van der Waals surface area contributed by atoms with Crippen LogP contribution in [0, 0.1) is 6.92 Å². The van der Waals surface area contributed by atoms with Gasteiger partial charge in [0.2, 0.25) is 5.82 Å². The number of benzene rings is 2. The number of hydrogen-bond donors (Lipinski definition) is 0. The van der Waals surface area contributed by atoms with E-state index in [1.54, 1.807) is 7.11 Å². The summed E-state index contributed by atoms with van der Waals surface area (Å²) in [5.74, 6) is 2.03. The molecule has 2 aromatic carbocycles. The van der Waals surface area contributed by atoms with E-state index in [0.717, 1.165) is 41.2 Å². The van der Waals surface area contributed by atoms with Gasteiger partial charge in [0, 0.05) is 37.5 Å². The van der Waals surface area contributed by atoms with Crippen molar-refractivity contribution in [3.05, 3.63) is 71.9 Å². The lowest BCUT2D eigenvalue weighted by Gasteiger charge is -2.15. The van der Waals surface area contributed by atoms with Crippen molar-refractivity contribution in [1.29, 1.82) is 0 Å². The molecule has 4 aromatic rings. The second-order valence-corrected chi connectivity index (χ2v) is 8.14. The van der Waals surface area contributed by atoms with E-state index in [0.29, 0.717) is 18.3 Å². The molecule has 1 saturated heterocycles. The number of hydrogen-bond acceptors (Lipinski definition) is 6. The minimum atomic E-state index is 0.484. The van der Waals surface area contributed by atoms with Crippen LogP contribution in [-0.4, -0.2) is 35.3 Å². The Morgan fingerprint density at radius 2 is 1.78 bits per heavy atom. The highest BCUT2D eigenvalue weighted by molar-refractivity contribution is 5.74. The molecule has 6 heteroatoms. The highest BCUT2D eigenvalue weighted by Crippen LogP contribution is 2.32. The monoisotopic (exact) mass is 426 g/mol. The zero-order chi connectivity index (χ0) is 21.9. The number of aromatic nitrogens is 3. The van der Waals surface area contributed by atoms with Gasteiger partial charge in [0.1, 0.15) is 5.82 Å². The van der Waals surface area contributed by atoms with E-state index in [1.807, 2.05) is 24.4 Å². The first kappa shape index (κ1) is 20.4. The van der Waals surface area contributed by atoms with E-state index < -0.39 is 0 Å². The third-order valence-electron chi connectivity index (χ3n) is 5.95. The fraction of sp³-hybridized carbons (Fsp3) is 0.269. The lowest BCUT2D eigenvalue weighted by atomic mass is 9.94. The number of nitrogens with zero attached hydrogens (tertiary/aromatic N) is 4. The smallest absolute Gasteiger partial charge is 0.258 e. The molecule has 0 aliphatic carbocycles. The van der Waals surface area contributed by atoms with Crippen LogP contribution in [0.2, 0.25) is 0 Å². The molecule has 1 aliphatic heterocycles. The highest BCUT2D eigenvalue weighted by Gasteiger charge is 2.16. The van der Waals surface area contributed by atoms with Crippen LogP contribution in [-0.2, 0) is 11.3 Å². The van der Waals surface area contributed by atoms with E-state index in [4.69, 9.17) is 9.26 Å². The molecule has 1 aliphatic rings. The summed E-state index contributed by atoms with van der Waals surface area (Å²) < 4.78 is 11.1. The van der Waals surface area contributed by atoms with Crippen LogP contribution in [0.4, 0.5) is 5.82 Å². The molecule has 0 radical (unpaired) electrons. The van der Waals surface area contributed by atoms with Crippen LogP contribution in [0.1, 0.15) is 24.0 Å². The summed E-state index contributed by atoms with van der Waals surface area (Å²) in [5, 5.41) is 4.19. The normalized spacial score (nSPS) is 13.6. The van der Waals surface area contributed by atoms with Gasteiger partial charge in [0.25, 0.3) is 5.89 Å². The van der Waals surface area contributed by atoms with Crippen LogP contribution in [0.15, 0.2) is 65.3 Å². The van der Waals surface area contributed by atoms with Crippen LogP contribution < -0.4 is 4.90 Å². The molecule has 6 nitrogen and oxygen atoms in total. The highest BCUT2D eigenvalue weighted by atomic mass is 16.5. The van der Waals surface area contributed by atoms with E-state index in [9.17, 15) is 0 Å². The average Bonchev–Trinajstić information content (AvgIpc) is 3.53. The molecule has 162 valence electrons. The van der Waals surface area contributed by atoms with E-state index >= 15 is 0 Å². The molecule has 0 unspecified atom stereocenters. The largest absolute Gasteiger partial charge is 0.380 e. The summed E-state index contributed by atoms with van der Waals surface area (Å²) in [6.07, 6.45) is 4.27. The third kappa shape index (κ3) is 4.01. The second kappa shape index (κ2) is 8.93. The number of anilines is 1. The van der Waals surface area contributed by atoms with Crippen molar-refractivity contribution < 1.29 is 9.26 Å². The van der Waals surface area contributed by atoms with Crippen molar-refractivity contribution >= 4 is 5.82 Å². The SMILES string of the molecule is COCc1cc(-c2nc(-c3ccc(N4CCCC4)nc3)no2)ccc1-c1ccccc1C. The first-order valence-electron chi connectivity index (χ1n) is 11.0. The zero-order valence-corrected chi connectivity index (χ0v) is 18.4. The van der Waals surface area contributed by atoms with Gasteiger partial charge in [-0.05, 0) is 66.3 Å². The molecule has 0 amide bonds. The van der Waals surface area contributed by atoms with Crippen molar-refractivity contribution in [1.82, 2.24) is 15.1 Å². The standard InChI is InChI=1S/C26H26N4O2/c1-18-7-3-4-8-22(18)23-11-9-19(15-21(23)17-31-2)26-28-25(29-32-26)20-10-12-24(27-16-20)30-13-5-6-14-30/h3-4,7-12,15-16H,5-6,13-14,17H2,1-2H3. The van der Waals surface area contributed by atoms with Crippen LogP contribution >= 0.6 is 0 Å². The average molecular weight is 427 g/mol. The Labute approximate surface area is 187 Å². The first-order valence-corrected chi connectivity index (χ1v) is 11.0. The molecule has 0 spiro atoms. The molecule has 32 heavy (non-hydrogen) atoms. The minimum absolute atomic E-state index is 0.484. The maximum Gasteiger partial charge on any atom is 0.258 e. The second-order valence-electron chi connectivity index (χ2n) is 8.14. The van der Waals surface area contributed by atoms with Crippen molar-refractivity contribution in [3.8, 4) is 34.0 Å². The molecule has 5 rings (SSSR count). The number of aryl methyl sites for hydroxylation is 1. The quantitative estimate of drug-likeness (QED) is 0.404. The predicted molar refractivity (Wildman–Crippen MR) is 125 cm³/mol. The fourth-order valence-corrected chi connectivity index (χ4v) is 4.25. The van der Waals surface area contributed by atoms with Gasteiger partial charge in [0.15, 0.2) is 0 Å². The fourth-order valence-electron chi connectivity index (χ4n) is 4.25. The molecule has 1 fully saturated rings. The summed E-state index contributed by atoms with van der Waals surface area (Å²) in [6, 6.07) is 18.6. The molecule has 3 heterocycles. The van der Waals surface area contributed by atoms with E-state index in [2.05, 4.69) is 63.3 Å². The Morgan fingerprint density at radius 1 is 0.969 bits per heavy atom. The summed E-state index contributed by atoms with van der Waals surface area (Å²) in [7, 11) is 1.71. The lowest BCUT2D eigenvalue weighted by molar-refractivity contribution is 0.185. The van der Waals surface area contributed by atoms with Gasteiger partial charge in [0.05, 0.1) is 6.61 Å². The Kier molecular flexibility index (Phi) is 5.69. The Hall–Kier alpha value is -3.51. The molecule has 2 aromatic heterocycles. The number of rotatable bonds is 6. The lowest BCUT2D eigenvalue weighted by Crippen LogP contribution is -2.18. The van der Waals surface area contributed by atoms with E-state index in [-0.39, 0.29) is 0 Å². The predicted octanol–water partition coefficient (Wildman–Crippen LogP) is 5.52.